The van der Waals surface area contributed by atoms with Gasteiger partial charge in [-0.25, -0.2) is 9.97 Å². The van der Waals surface area contributed by atoms with Gasteiger partial charge >= 0.3 is 0 Å². The lowest BCUT2D eigenvalue weighted by Gasteiger charge is -2.14. The summed E-state index contributed by atoms with van der Waals surface area (Å²) in [5, 5.41) is 1.50. The molecule has 1 fully saturated rings. The van der Waals surface area contributed by atoms with Gasteiger partial charge in [0.15, 0.2) is 5.78 Å². The lowest BCUT2D eigenvalue weighted by molar-refractivity contribution is 0.104. The van der Waals surface area contributed by atoms with Crippen LogP contribution in [0.5, 0.6) is 0 Å². The van der Waals surface area contributed by atoms with Crippen LogP contribution in [0.4, 0.5) is 5.95 Å². The largest absolute Gasteiger partial charge is 0.360 e. The van der Waals surface area contributed by atoms with Gasteiger partial charge in [0.1, 0.15) is 0 Å². The number of nitrogens with one attached hydrogen (secondary N) is 1. The van der Waals surface area contributed by atoms with Crippen molar-refractivity contribution < 1.29 is 4.79 Å². The summed E-state index contributed by atoms with van der Waals surface area (Å²) in [5.41, 5.74) is 2.28. The number of benzene rings is 1. The molecule has 1 aliphatic rings. The number of fused-ring (bicyclic) bond motifs is 1. The second-order valence-corrected chi connectivity index (χ2v) is 6.54. The molecule has 4 rings (SSSR count). The van der Waals surface area contributed by atoms with Crippen LogP contribution in [0.1, 0.15) is 28.8 Å². The van der Waals surface area contributed by atoms with E-state index < -0.39 is 0 Å². The number of carbonyl (C=O) groups is 1. The maximum atomic E-state index is 12.5. The summed E-state index contributed by atoms with van der Waals surface area (Å²) in [7, 11) is 0. The van der Waals surface area contributed by atoms with Crippen molar-refractivity contribution in [3.63, 3.8) is 0 Å². The van der Waals surface area contributed by atoms with Gasteiger partial charge in [-0.2, -0.15) is 0 Å². The van der Waals surface area contributed by atoms with E-state index in [0.717, 1.165) is 35.5 Å². The highest BCUT2D eigenvalue weighted by atomic mass is 35.5. The van der Waals surface area contributed by atoms with Gasteiger partial charge in [0.25, 0.3) is 0 Å². The Morgan fingerprint density at radius 1 is 1.20 bits per heavy atom. The Morgan fingerprint density at radius 3 is 2.72 bits per heavy atom. The summed E-state index contributed by atoms with van der Waals surface area (Å²) in [6.45, 7) is 2.02. The number of rotatable bonds is 4. The Labute approximate surface area is 150 Å². The van der Waals surface area contributed by atoms with Crippen molar-refractivity contribution in [1.82, 2.24) is 15.0 Å². The van der Waals surface area contributed by atoms with Crippen LogP contribution in [0.2, 0.25) is 5.02 Å². The Hall–Kier alpha value is -2.66. The van der Waals surface area contributed by atoms with Crippen molar-refractivity contribution in [2.45, 2.75) is 12.8 Å². The van der Waals surface area contributed by atoms with Crippen molar-refractivity contribution in [2.75, 3.05) is 18.0 Å². The highest BCUT2D eigenvalue weighted by Gasteiger charge is 2.14. The highest BCUT2D eigenvalue weighted by molar-refractivity contribution is 6.31. The third kappa shape index (κ3) is 3.28. The van der Waals surface area contributed by atoms with E-state index in [-0.39, 0.29) is 5.78 Å². The molecular formula is C19H17ClN4O. The molecule has 0 saturated carbocycles. The minimum absolute atomic E-state index is 0.0720. The first-order valence-electron chi connectivity index (χ1n) is 8.27. The van der Waals surface area contributed by atoms with Gasteiger partial charge in [-0.15, -0.1) is 0 Å². The molecule has 0 aliphatic carbocycles. The lowest BCUT2D eigenvalue weighted by Crippen LogP contribution is -2.20. The van der Waals surface area contributed by atoms with E-state index in [1.165, 1.54) is 12.8 Å². The van der Waals surface area contributed by atoms with E-state index >= 15 is 0 Å². The van der Waals surface area contributed by atoms with Crippen LogP contribution in [0.15, 0.2) is 42.9 Å². The number of ketones is 1. The molecule has 0 atom stereocenters. The fourth-order valence-electron chi connectivity index (χ4n) is 3.06. The molecular weight excluding hydrogens is 336 g/mol. The van der Waals surface area contributed by atoms with Crippen LogP contribution >= 0.6 is 11.6 Å². The number of hydrogen-bond donors (Lipinski definition) is 1. The fourth-order valence-corrected chi connectivity index (χ4v) is 3.23. The average Bonchev–Trinajstić information content (AvgIpc) is 3.29. The first-order valence-corrected chi connectivity index (χ1v) is 8.64. The highest BCUT2D eigenvalue weighted by Crippen LogP contribution is 2.23. The maximum absolute atomic E-state index is 12.5. The van der Waals surface area contributed by atoms with E-state index in [1.54, 1.807) is 36.8 Å². The molecule has 0 spiro atoms. The Morgan fingerprint density at radius 2 is 1.96 bits per heavy atom. The van der Waals surface area contributed by atoms with E-state index in [4.69, 9.17) is 11.6 Å². The summed E-state index contributed by atoms with van der Waals surface area (Å²) < 4.78 is 0. The van der Waals surface area contributed by atoms with Gasteiger partial charge in [-0.1, -0.05) is 17.7 Å². The monoisotopic (exact) mass is 352 g/mol. The van der Waals surface area contributed by atoms with Crippen molar-refractivity contribution >= 4 is 40.3 Å². The molecule has 126 valence electrons. The van der Waals surface area contributed by atoms with Crippen LogP contribution in [0.3, 0.4) is 0 Å². The SMILES string of the molecule is O=C(/C=C/c1cnc(N2CCCC2)nc1)c1c[nH]c2cc(Cl)ccc12. The van der Waals surface area contributed by atoms with Gasteiger partial charge in [-0.05, 0) is 37.1 Å². The van der Waals surface area contributed by atoms with E-state index in [9.17, 15) is 4.79 Å². The average molecular weight is 353 g/mol. The predicted molar refractivity (Wildman–Crippen MR) is 100 cm³/mol. The van der Waals surface area contributed by atoms with Crippen LogP contribution in [-0.4, -0.2) is 33.8 Å². The van der Waals surface area contributed by atoms with Gasteiger partial charge in [0.05, 0.1) is 0 Å². The number of hydrogen-bond acceptors (Lipinski definition) is 4. The smallest absolute Gasteiger partial charge is 0.225 e. The number of nitrogens with zero attached hydrogens (tertiary/aromatic N) is 3. The Bertz CT molecular complexity index is 940. The number of aromatic nitrogens is 3. The molecule has 1 aliphatic heterocycles. The molecule has 0 radical (unpaired) electrons. The second-order valence-electron chi connectivity index (χ2n) is 6.10. The van der Waals surface area contributed by atoms with Crippen LogP contribution in [0, 0.1) is 0 Å². The Balaban J connectivity index is 1.51. The zero-order valence-corrected chi connectivity index (χ0v) is 14.3. The van der Waals surface area contributed by atoms with Crippen molar-refractivity contribution in [3.05, 3.63) is 59.0 Å². The fraction of sp³-hybridized carbons (Fsp3) is 0.211. The van der Waals surface area contributed by atoms with Crippen LogP contribution in [-0.2, 0) is 0 Å². The van der Waals surface area contributed by atoms with Gasteiger partial charge in [-0.3, -0.25) is 4.79 Å². The van der Waals surface area contributed by atoms with Gasteiger partial charge in [0, 0.05) is 58.7 Å². The molecule has 0 bridgehead atoms. The number of anilines is 1. The predicted octanol–water partition coefficient (Wildman–Crippen LogP) is 4.11. The standard InChI is InChI=1S/C19H17ClN4O/c20-14-4-5-15-16(12-21-17(15)9-14)18(25)6-3-13-10-22-19(23-11-13)24-7-1-2-8-24/h3-6,9-12,21H,1-2,7-8H2/b6-3+. The molecule has 2 aromatic heterocycles. The minimum atomic E-state index is -0.0720. The topological polar surface area (TPSA) is 61.9 Å². The maximum Gasteiger partial charge on any atom is 0.225 e. The van der Waals surface area contributed by atoms with E-state index in [0.29, 0.717) is 10.6 Å². The zero-order chi connectivity index (χ0) is 17.2. The molecule has 0 amide bonds. The number of H-pyrrole nitrogens is 1. The normalized spacial score (nSPS) is 14.7. The Kier molecular flexibility index (Phi) is 4.24. The number of aromatic amines is 1. The number of carbonyl (C=O) groups excluding carboxylic acids is 1. The third-order valence-corrected chi connectivity index (χ3v) is 4.62. The van der Waals surface area contributed by atoms with Crippen LogP contribution in [0.25, 0.3) is 17.0 Å². The third-order valence-electron chi connectivity index (χ3n) is 4.38. The summed E-state index contributed by atoms with van der Waals surface area (Å²) in [6.07, 6.45) is 10.9. The molecule has 1 aromatic carbocycles. The number of allylic oxidation sites excluding steroid dienone is 1. The molecule has 5 nitrogen and oxygen atoms in total. The van der Waals surface area contributed by atoms with Crippen molar-refractivity contribution in [1.29, 1.82) is 0 Å². The molecule has 0 unspecified atom stereocenters. The van der Waals surface area contributed by atoms with Crippen LogP contribution < -0.4 is 4.90 Å². The summed E-state index contributed by atoms with van der Waals surface area (Å²) >= 11 is 5.97. The first kappa shape index (κ1) is 15.8. The van der Waals surface area contributed by atoms with E-state index in [1.807, 2.05) is 12.1 Å². The first-order chi connectivity index (χ1) is 12.2. The molecule has 25 heavy (non-hydrogen) atoms. The molecule has 1 saturated heterocycles. The zero-order valence-electron chi connectivity index (χ0n) is 13.6. The molecule has 6 heteroatoms. The van der Waals surface area contributed by atoms with E-state index in [2.05, 4.69) is 19.9 Å². The van der Waals surface area contributed by atoms with Crippen molar-refractivity contribution in [2.24, 2.45) is 0 Å². The number of halogens is 1. The molecule has 1 N–H and O–H groups in total. The van der Waals surface area contributed by atoms with Gasteiger partial charge in [0.2, 0.25) is 5.95 Å². The summed E-state index contributed by atoms with van der Waals surface area (Å²) in [6, 6.07) is 5.44. The summed E-state index contributed by atoms with van der Waals surface area (Å²) in [5.74, 6) is 0.687. The summed E-state index contributed by atoms with van der Waals surface area (Å²) in [4.78, 5) is 26.5. The lowest BCUT2D eigenvalue weighted by atomic mass is 10.1. The molecule has 3 heterocycles. The second kappa shape index (κ2) is 6.69. The molecule has 3 aromatic rings. The minimum Gasteiger partial charge on any atom is -0.360 e. The quantitative estimate of drug-likeness (QED) is 0.567. The van der Waals surface area contributed by atoms with Gasteiger partial charge < -0.3 is 9.88 Å². The van der Waals surface area contributed by atoms with Crippen molar-refractivity contribution in [3.8, 4) is 0 Å².